The summed E-state index contributed by atoms with van der Waals surface area (Å²) in [5, 5.41) is 0. The molecule has 1 heterocycles. The average Bonchev–Trinajstić information content (AvgIpc) is 2.71. The second-order valence-corrected chi connectivity index (χ2v) is 5.17. The number of anilines is 1. The summed E-state index contributed by atoms with van der Waals surface area (Å²) in [6.45, 7) is 3.60. The third kappa shape index (κ3) is 1.90. The van der Waals surface area contributed by atoms with Crippen molar-refractivity contribution in [2.75, 3.05) is 38.1 Å². The lowest BCUT2D eigenvalue weighted by Crippen LogP contribution is -2.44. The first-order chi connectivity index (χ1) is 8.65. The van der Waals surface area contributed by atoms with Crippen LogP contribution in [0.2, 0.25) is 0 Å². The fraction of sp³-hybridized carbons (Fsp3) is 0.500. The molecule has 1 saturated heterocycles. The van der Waals surface area contributed by atoms with Crippen LogP contribution >= 0.6 is 0 Å². The van der Waals surface area contributed by atoms with Crippen molar-refractivity contribution in [2.24, 2.45) is 0 Å². The minimum Gasteiger partial charge on any atom is -0.367 e. The molecule has 1 aliphatic heterocycles. The molecule has 1 aromatic rings. The Morgan fingerprint density at radius 1 is 1.11 bits per heavy atom. The number of carbonyl (C=O) groups is 1. The van der Waals surface area contributed by atoms with Crippen LogP contribution in [0.15, 0.2) is 12.1 Å². The number of halogens is 1. The standard InChI is InChI=1S/C14H17FN2O/c1-16-4-6-17(7-5-16)13-8-10-2-3-14(18)11(10)9-12(13)15/h8-9H,2-7H2,1H3. The third-order valence-electron chi connectivity index (χ3n) is 3.94. The maximum Gasteiger partial charge on any atom is 0.163 e. The highest BCUT2D eigenvalue weighted by atomic mass is 19.1. The number of carbonyl (C=O) groups excluding carboxylic acids is 1. The fourth-order valence-corrected chi connectivity index (χ4v) is 2.74. The van der Waals surface area contributed by atoms with Gasteiger partial charge in [0.25, 0.3) is 0 Å². The first-order valence-electron chi connectivity index (χ1n) is 6.44. The molecule has 0 amide bonds. The molecule has 96 valence electrons. The van der Waals surface area contributed by atoms with Gasteiger partial charge in [-0.3, -0.25) is 4.79 Å². The number of Topliss-reactive ketones (excluding diaryl/α,β-unsaturated/α-hetero) is 1. The van der Waals surface area contributed by atoms with Gasteiger partial charge in [0.1, 0.15) is 5.82 Å². The SMILES string of the molecule is CN1CCN(c2cc3c(cc2F)C(=O)CC3)CC1. The zero-order valence-corrected chi connectivity index (χ0v) is 10.6. The van der Waals surface area contributed by atoms with Gasteiger partial charge in [0.2, 0.25) is 0 Å². The van der Waals surface area contributed by atoms with Crippen LogP contribution in [0, 0.1) is 5.82 Å². The zero-order chi connectivity index (χ0) is 12.7. The van der Waals surface area contributed by atoms with Crippen molar-refractivity contribution < 1.29 is 9.18 Å². The number of likely N-dealkylation sites (N-methyl/N-ethyl adjacent to an activating group) is 1. The van der Waals surface area contributed by atoms with Crippen LogP contribution in [-0.4, -0.2) is 43.9 Å². The maximum atomic E-state index is 14.1. The maximum absolute atomic E-state index is 14.1. The normalized spacial score (nSPS) is 20.3. The molecule has 2 aliphatic rings. The van der Waals surface area contributed by atoms with E-state index in [2.05, 4.69) is 16.8 Å². The summed E-state index contributed by atoms with van der Waals surface area (Å²) in [5.74, 6) is -0.178. The highest BCUT2D eigenvalue weighted by Gasteiger charge is 2.24. The second-order valence-electron chi connectivity index (χ2n) is 5.17. The molecule has 1 aromatic carbocycles. The Hall–Kier alpha value is -1.42. The Morgan fingerprint density at radius 3 is 2.56 bits per heavy atom. The molecule has 3 rings (SSSR count). The molecule has 0 radical (unpaired) electrons. The lowest BCUT2D eigenvalue weighted by Gasteiger charge is -2.34. The second kappa shape index (κ2) is 4.35. The molecule has 0 atom stereocenters. The van der Waals surface area contributed by atoms with Crippen molar-refractivity contribution in [2.45, 2.75) is 12.8 Å². The van der Waals surface area contributed by atoms with Gasteiger partial charge in [-0.25, -0.2) is 4.39 Å². The molecular weight excluding hydrogens is 231 g/mol. The van der Waals surface area contributed by atoms with Crippen LogP contribution < -0.4 is 4.90 Å². The van der Waals surface area contributed by atoms with E-state index in [0.717, 1.165) is 38.2 Å². The van der Waals surface area contributed by atoms with Crippen LogP contribution in [0.1, 0.15) is 22.3 Å². The summed E-state index contributed by atoms with van der Waals surface area (Å²) in [7, 11) is 2.08. The first-order valence-corrected chi connectivity index (χ1v) is 6.44. The van der Waals surface area contributed by atoms with E-state index in [0.29, 0.717) is 17.7 Å². The zero-order valence-electron chi connectivity index (χ0n) is 10.6. The van der Waals surface area contributed by atoms with Gasteiger partial charge < -0.3 is 9.80 Å². The monoisotopic (exact) mass is 248 g/mol. The van der Waals surface area contributed by atoms with Crippen molar-refractivity contribution in [1.29, 1.82) is 0 Å². The van der Waals surface area contributed by atoms with Gasteiger partial charge >= 0.3 is 0 Å². The van der Waals surface area contributed by atoms with Crippen LogP contribution in [0.3, 0.4) is 0 Å². The highest BCUT2D eigenvalue weighted by Crippen LogP contribution is 2.30. The Balaban J connectivity index is 1.91. The van der Waals surface area contributed by atoms with Gasteiger partial charge in [-0.2, -0.15) is 0 Å². The highest BCUT2D eigenvalue weighted by molar-refractivity contribution is 6.00. The van der Waals surface area contributed by atoms with Crippen LogP contribution in [0.25, 0.3) is 0 Å². The van der Waals surface area contributed by atoms with Gasteiger partial charge in [-0.05, 0) is 31.2 Å². The molecule has 1 fully saturated rings. The van der Waals surface area contributed by atoms with E-state index in [1.54, 1.807) is 0 Å². The average molecular weight is 248 g/mol. The van der Waals surface area contributed by atoms with Crippen molar-refractivity contribution >= 4 is 11.5 Å². The molecule has 0 saturated carbocycles. The Labute approximate surface area is 106 Å². The number of nitrogens with zero attached hydrogens (tertiary/aromatic N) is 2. The number of ketones is 1. The van der Waals surface area contributed by atoms with Crippen molar-refractivity contribution in [1.82, 2.24) is 4.90 Å². The molecule has 18 heavy (non-hydrogen) atoms. The van der Waals surface area contributed by atoms with E-state index in [-0.39, 0.29) is 11.6 Å². The van der Waals surface area contributed by atoms with E-state index >= 15 is 0 Å². The number of fused-ring (bicyclic) bond motifs is 1. The summed E-state index contributed by atoms with van der Waals surface area (Å²) in [6, 6.07) is 3.30. The first kappa shape index (κ1) is 11.7. The molecule has 3 nitrogen and oxygen atoms in total. The molecule has 0 bridgehead atoms. The lowest BCUT2D eigenvalue weighted by atomic mass is 10.1. The number of hydrogen-bond donors (Lipinski definition) is 0. The van der Waals surface area contributed by atoms with Gasteiger partial charge in [0.15, 0.2) is 5.78 Å². The topological polar surface area (TPSA) is 23.6 Å². The summed E-state index contributed by atoms with van der Waals surface area (Å²) < 4.78 is 14.1. The van der Waals surface area contributed by atoms with Gasteiger partial charge in [0.05, 0.1) is 5.69 Å². The Morgan fingerprint density at radius 2 is 1.83 bits per heavy atom. The van der Waals surface area contributed by atoms with E-state index in [9.17, 15) is 9.18 Å². The van der Waals surface area contributed by atoms with Crippen LogP contribution in [0.4, 0.5) is 10.1 Å². The van der Waals surface area contributed by atoms with Crippen molar-refractivity contribution in [3.05, 3.63) is 29.1 Å². The molecule has 0 unspecified atom stereocenters. The van der Waals surface area contributed by atoms with Gasteiger partial charge in [-0.15, -0.1) is 0 Å². The predicted octanol–water partition coefficient (Wildman–Crippen LogP) is 1.71. The number of aryl methyl sites for hydroxylation is 1. The minimum absolute atomic E-state index is 0.0776. The minimum atomic E-state index is -0.256. The van der Waals surface area contributed by atoms with E-state index in [1.165, 1.54) is 6.07 Å². The Bertz CT molecular complexity index is 493. The molecule has 4 heteroatoms. The van der Waals surface area contributed by atoms with Crippen LogP contribution in [0.5, 0.6) is 0 Å². The molecular formula is C14H17FN2O. The number of piperazine rings is 1. The van der Waals surface area contributed by atoms with Crippen LogP contribution in [-0.2, 0) is 6.42 Å². The van der Waals surface area contributed by atoms with Crippen molar-refractivity contribution in [3.8, 4) is 0 Å². The lowest BCUT2D eigenvalue weighted by molar-refractivity contribution is 0.0994. The summed E-state index contributed by atoms with van der Waals surface area (Å²) in [6.07, 6.45) is 1.29. The molecule has 1 aliphatic carbocycles. The van der Waals surface area contributed by atoms with Crippen molar-refractivity contribution in [3.63, 3.8) is 0 Å². The van der Waals surface area contributed by atoms with Gasteiger partial charge in [0, 0.05) is 38.2 Å². The largest absolute Gasteiger partial charge is 0.367 e. The molecule has 0 spiro atoms. The summed E-state index contributed by atoms with van der Waals surface area (Å²) >= 11 is 0. The number of hydrogen-bond acceptors (Lipinski definition) is 3. The van der Waals surface area contributed by atoms with E-state index < -0.39 is 0 Å². The summed E-state index contributed by atoms with van der Waals surface area (Å²) in [5.41, 5.74) is 2.26. The predicted molar refractivity (Wildman–Crippen MR) is 68.8 cm³/mol. The smallest absolute Gasteiger partial charge is 0.163 e. The fourth-order valence-electron chi connectivity index (χ4n) is 2.74. The Kier molecular flexibility index (Phi) is 2.82. The molecule has 0 aromatic heterocycles. The number of rotatable bonds is 1. The number of benzene rings is 1. The molecule has 0 N–H and O–H groups in total. The van der Waals surface area contributed by atoms with E-state index in [1.807, 2.05) is 6.07 Å². The third-order valence-corrected chi connectivity index (χ3v) is 3.94. The van der Waals surface area contributed by atoms with E-state index in [4.69, 9.17) is 0 Å². The summed E-state index contributed by atoms with van der Waals surface area (Å²) in [4.78, 5) is 15.9. The van der Waals surface area contributed by atoms with Gasteiger partial charge in [-0.1, -0.05) is 0 Å². The quantitative estimate of drug-likeness (QED) is 0.756.